The fourth-order valence-electron chi connectivity index (χ4n) is 5.17. The van der Waals surface area contributed by atoms with Crippen LogP contribution in [0, 0.1) is 0 Å². The van der Waals surface area contributed by atoms with Gasteiger partial charge in [-0.25, -0.2) is 4.57 Å². The third-order valence-electron chi connectivity index (χ3n) is 8.14. The lowest BCUT2D eigenvalue weighted by Crippen LogP contribution is -2.28. The normalized spacial score (nSPS) is 15.4. The van der Waals surface area contributed by atoms with E-state index in [4.69, 9.17) is 24.3 Å². The van der Waals surface area contributed by atoms with Crippen molar-refractivity contribution in [1.29, 1.82) is 0 Å². The Kier molecular flexibility index (Phi) is 36.1. The molecule has 0 aliphatic rings. The molecule has 5 N–H and O–H groups in total. The summed E-state index contributed by atoms with van der Waals surface area (Å²) in [4.78, 5) is 22.4. The van der Waals surface area contributed by atoms with Crippen molar-refractivity contribution >= 4 is 13.8 Å². The van der Waals surface area contributed by atoms with Crippen molar-refractivity contribution < 1.29 is 43.0 Å². The van der Waals surface area contributed by atoms with E-state index in [9.17, 15) is 24.5 Å². The Morgan fingerprint density at radius 2 is 1.27 bits per heavy atom. The summed E-state index contributed by atoms with van der Waals surface area (Å²) >= 11 is 0. The third kappa shape index (κ3) is 36.5. The molecule has 0 aromatic heterocycles. The lowest BCUT2D eigenvalue weighted by molar-refractivity contribution is -0.154. The molecular formula is C41H74NO9P. The number of unbranched alkanes of at least 4 members (excludes halogenated alkanes) is 13. The minimum Gasteiger partial charge on any atom is -0.457 e. The third-order valence-corrected chi connectivity index (χ3v) is 9.12. The van der Waals surface area contributed by atoms with Crippen LogP contribution in [0.25, 0.3) is 0 Å². The average Bonchev–Trinajstić information content (AvgIpc) is 3.12. The van der Waals surface area contributed by atoms with Crippen molar-refractivity contribution in [2.75, 3.05) is 33.0 Å². The summed E-state index contributed by atoms with van der Waals surface area (Å²) in [5, 5.41) is 20.2. The summed E-state index contributed by atoms with van der Waals surface area (Å²) < 4.78 is 33.2. The first kappa shape index (κ1) is 50.1. The van der Waals surface area contributed by atoms with Gasteiger partial charge >= 0.3 is 13.8 Å². The van der Waals surface area contributed by atoms with E-state index >= 15 is 0 Å². The number of allylic oxidation sites excluding steroid dienone is 7. The number of rotatable bonds is 37. The highest BCUT2D eigenvalue weighted by Gasteiger charge is 2.25. The second kappa shape index (κ2) is 37.4. The standard InChI is InChI=1S/C41H74NO9P/c1-3-5-7-9-11-12-13-14-15-16-17-18-22-26-34-48-36-40(37-50-52(46,47)49-35-33-42)51-41(45)32-27-31-39(44)30-25-21-20-24-29-38(43)28-23-19-10-8-6-4-2/h6,8,19-21,23-25,29-30,38-40,43-44H,3-5,7,9-18,22,26-28,31-37,42H2,1-2H3,(H,46,47)/b8-6-,21-20-,23-19-,29-24+,30-25+. The minimum atomic E-state index is -4.34. The molecule has 0 aliphatic carbocycles. The summed E-state index contributed by atoms with van der Waals surface area (Å²) in [6.45, 7) is 4.41. The molecule has 0 saturated carbocycles. The molecule has 52 heavy (non-hydrogen) atoms. The number of phosphoric acid groups is 1. The summed E-state index contributed by atoms with van der Waals surface area (Å²) in [5.41, 5.74) is 5.34. The summed E-state index contributed by atoms with van der Waals surface area (Å²) in [7, 11) is -4.34. The number of esters is 1. The molecule has 0 rings (SSSR count). The minimum absolute atomic E-state index is 0.0254. The molecule has 0 radical (unpaired) electrons. The Morgan fingerprint density at radius 1 is 0.692 bits per heavy atom. The molecule has 4 atom stereocenters. The second-order valence-electron chi connectivity index (χ2n) is 13.2. The van der Waals surface area contributed by atoms with Gasteiger partial charge in [0.2, 0.25) is 0 Å². The molecule has 0 aromatic carbocycles. The van der Waals surface area contributed by atoms with Gasteiger partial charge in [-0.05, 0) is 38.5 Å². The van der Waals surface area contributed by atoms with Crippen molar-refractivity contribution in [3.05, 3.63) is 60.8 Å². The van der Waals surface area contributed by atoms with Crippen LogP contribution in [0.1, 0.15) is 142 Å². The summed E-state index contributed by atoms with van der Waals surface area (Å²) in [5.74, 6) is -0.517. The van der Waals surface area contributed by atoms with E-state index in [1.54, 1.807) is 36.5 Å². The maximum absolute atomic E-state index is 12.6. The van der Waals surface area contributed by atoms with E-state index in [0.29, 0.717) is 25.9 Å². The zero-order chi connectivity index (χ0) is 38.4. The zero-order valence-electron chi connectivity index (χ0n) is 32.5. The van der Waals surface area contributed by atoms with Crippen LogP contribution in [-0.4, -0.2) is 72.4 Å². The topological polar surface area (TPSA) is 158 Å². The van der Waals surface area contributed by atoms with E-state index in [1.807, 2.05) is 12.2 Å². The summed E-state index contributed by atoms with van der Waals surface area (Å²) in [6, 6.07) is 0. The van der Waals surface area contributed by atoms with Gasteiger partial charge in [-0.2, -0.15) is 0 Å². The first-order chi connectivity index (χ1) is 25.2. The average molecular weight is 756 g/mol. The van der Waals surface area contributed by atoms with Crippen molar-refractivity contribution in [3.63, 3.8) is 0 Å². The highest BCUT2D eigenvalue weighted by Crippen LogP contribution is 2.43. The van der Waals surface area contributed by atoms with E-state index in [2.05, 4.69) is 26.0 Å². The molecule has 0 saturated heterocycles. The van der Waals surface area contributed by atoms with Crippen molar-refractivity contribution in [2.24, 2.45) is 5.73 Å². The highest BCUT2D eigenvalue weighted by molar-refractivity contribution is 7.47. The number of phosphoric ester groups is 1. The predicted octanol–water partition coefficient (Wildman–Crippen LogP) is 9.35. The molecule has 302 valence electrons. The predicted molar refractivity (Wildman–Crippen MR) is 213 cm³/mol. The van der Waals surface area contributed by atoms with Crippen LogP contribution >= 0.6 is 7.82 Å². The van der Waals surface area contributed by atoms with E-state index in [-0.39, 0.29) is 32.8 Å². The van der Waals surface area contributed by atoms with Gasteiger partial charge in [-0.3, -0.25) is 13.8 Å². The Bertz CT molecular complexity index is 1010. The lowest BCUT2D eigenvalue weighted by atomic mass is 10.0. The first-order valence-electron chi connectivity index (χ1n) is 20.0. The number of carbonyl (C=O) groups is 1. The fraction of sp³-hybridized carbons (Fsp3) is 0.732. The van der Waals surface area contributed by atoms with Gasteiger partial charge < -0.3 is 30.3 Å². The number of aliphatic hydroxyl groups is 2. The maximum Gasteiger partial charge on any atom is 0.472 e. The molecular weight excluding hydrogens is 681 g/mol. The summed E-state index contributed by atoms with van der Waals surface area (Å²) in [6.07, 6.45) is 37.3. The van der Waals surface area contributed by atoms with Crippen LogP contribution in [-0.2, 0) is 27.9 Å². The SMILES string of the molecule is CC/C=C\C/C=C\CC(O)/C=C/C=C\C=C\C(O)CCCC(=O)OC(COCCCCCCCCCCCCCCCC)COP(=O)(O)OCCN. The number of carbonyl (C=O) groups excluding carboxylic acids is 1. The number of hydrogen-bond donors (Lipinski definition) is 4. The molecule has 0 amide bonds. The van der Waals surface area contributed by atoms with Gasteiger partial charge in [-0.15, -0.1) is 0 Å². The maximum atomic E-state index is 12.6. The molecule has 11 heteroatoms. The second-order valence-corrected chi connectivity index (χ2v) is 14.6. The smallest absolute Gasteiger partial charge is 0.457 e. The van der Waals surface area contributed by atoms with Gasteiger partial charge in [0.1, 0.15) is 6.10 Å². The monoisotopic (exact) mass is 756 g/mol. The van der Waals surface area contributed by atoms with Crippen LogP contribution in [0.2, 0.25) is 0 Å². The Hall–Kier alpha value is -1.88. The molecule has 0 heterocycles. The molecule has 0 aliphatic heterocycles. The van der Waals surface area contributed by atoms with Gasteiger partial charge in [0, 0.05) is 19.6 Å². The molecule has 0 aromatic rings. The van der Waals surface area contributed by atoms with Crippen LogP contribution in [0.5, 0.6) is 0 Å². The molecule has 0 fully saturated rings. The largest absolute Gasteiger partial charge is 0.472 e. The molecule has 0 spiro atoms. The molecule has 4 unspecified atom stereocenters. The zero-order valence-corrected chi connectivity index (χ0v) is 33.4. The Balaban J connectivity index is 4.37. The van der Waals surface area contributed by atoms with Crippen LogP contribution in [0.3, 0.4) is 0 Å². The number of nitrogens with two attached hydrogens (primary N) is 1. The van der Waals surface area contributed by atoms with Gasteiger partial charge in [-0.1, -0.05) is 158 Å². The van der Waals surface area contributed by atoms with Crippen LogP contribution in [0.4, 0.5) is 0 Å². The Labute approximate surface area is 316 Å². The fourth-order valence-corrected chi connectivity index (χ4v) is 5.94. The van der Waals surface area contributed by atoms with Gasteiger partial charge in [0.05, 0.1) is 32.0 Å². The molecule has 10 nitrogen and oxygen atoms in total. The quantitative estimate of drug-likeness (QED) is 0.0158. The van der Waals surface area contributed by atoms with Gasteiger partial charge in [0.25, 0.3) is 0 Å². The van der Waals surface area contributed by atoms with Crippen LogP contribution in [0.15, 0.2) is 60.8 Å². The Morgan fingerprint density at radius 3 is 1.87 bits per heavy atom. The number of hydrogen-bond acceptors (Lipinski definition) is 9. The van der Waals surface area contributed by atoms with Crippen molar-refractivity contribution in [2.45, 2.75) is 161 Å². The van der Waals surface area contributed by atoms with Crippen molar-refractivity contribution in [1.82, 2.24) is 0 Å². The van der Waals surface area contributed by atoms with E-state index < -0.39 is 32.1 Å². The van der Waals surface area contributed by atoms with Crippen LogP contribution < -0.4 is 5.73 Å². The number of ether oxygens (including phenoxy) is 2. The van der Waals surface area contributed by atoms with Crippen molar-refractivity contribution in [3.8, 4) is 0 Å². The lowest BCUT2D eigenvalue weighted by Gasteiger charge is -2.20. The van der Waals surface area contributed by atoms with E-state index in [0.717, 1.165) is 32.1 Å². The number of aliphatic hydroxyl groups excluding tert-OH is 2. The van der Waals surface area contributed by atoms with E-state index in [1.165, 1.54) is 70.6 Å². The first-order valence-corrected chi connectivity index (χ1v) is 21.5. The van der Waals surface area contributed by atoms with Gasteiger partial charge in [0.15, 0.2) is 0 Å². The highest BCUT2D eigenvalue weighted by atomic mass is 31.2. The molecule has 0 bridgehead atoms.